The number of para-hydroxylation sites is 1. The molecule has 4 nitrogen and oxygen atoms in total. The van der Waals surface area contributed by atoms with Crippen molar-refractivity contribution in [3.05, 3.63) is 46.9 Å². The average molecular weight is 256 g/mol. The molecule has 1 aromatic carbocycles. The molecule has 0 aliphatic heterocycles. The molecule has 0 amide bonds. The summed E-state index contributed by atoms with van der Waals surface area (Å²) in [4.78, 5) is 10.6. The monoisotopic (exact) mass is 255 g/mol. The molecule has 0 bridgehead atoms. The second kappa shape index (κ2) is 4.47. The van der Waals surface area contributed by atoms with Gasteiger partial charge in [0.15, 0.2) is 5.88 Å². The largest absolute Gasteiger partial charge is 0.475 e. The smallest absolute Gasteiger partial charge is 0.371 e. The van der Waals surface area contributed by atoms with Crippen molar-refractivity contribution >= 4 is 29.1 Å². The second-order valence-electron chi connectivity index (χ2n) is 3.19. The molecule has 1 heterocycles. The van der Waals surface area contributed by atoms with E-state index in [1.165, 1.54) is 30.3 Å². The number of carboxylic acid groups (broad SMARTS) is 1. The maximum absolute atomic E-state index is 13.4. The molecule has 0 atom stereocenters. The van der Waals surface area contributed by atoms with Gasteiger partial charge >= 0.3 is 5.97 Å². The first kappa shape index (κ1) is 11.5. The summed E-state index contributed by atoms with van der Waals surface area (Å²) in [6, 6.07) is 6.85. The lowest BCUT2D eigenvalue weighted by atomic mass is 10.3. The number of hydrogen-bond donors (Lipinski definition) is 2. The molecule has 2 aromatic rings. The highest BCUT2D eigenvalue weighted by Crippen LogP contribution is 2.28. The number of aromatic carboxylic acids is 1. The molecule has 2 N–H and O–H groups in total. The summed E-state index contributed by atoms with van der Waals surface area (Å²) in [5.74, 6) is -1.88. The summed E-state index contributed by atoms with van der Waals surface area (Å²) >= 11 is 5.79. The van der Waals surface area contributed by atoms with Crippen molar-refractivity contribution in [1.82, 2.24) is 0 Å². The Kier molecular flexibility index (Phi) is 3.01. The zero-order chi connectivity index (χ0) is 12.4. The van der Waals surface area contributed by atoms with Gasteiger partial charge in [-0.25, -0.2) is 9.18 Å². The number of anilines is 2. The Labute approximate surface area is 101 Å². The van der Waals surface area contributed by atoms with Crippen LogP contribution in [0, 0.1) is 5.82 Å². The van der Waals surface area contributed by atoms with E-state index in [2.05, 4.69) is 5.32 Å². The fraction of sp³-hybridized carbons (Fsp3) is 0. The van der Waals surface area contributed by atoms with Crippen LogP contribution in [0.2, 0.25) is 5.02 Å². The molecule has 0 fully saturated rings. The van der Waals surface area contributed by atoms with Crippen LogP contribution in [0.15, 0.2) is 34.7 Å². The van der Waals surface area contributed by atoms with Crippen LogP contribution < -0.4 is 5.32 Å². The molecule has 17 heavy (non-hydrogen) atoms. The number of halogens is 2. The minimum absolute atomic E-state index is 0.0421. The molecule has 0 aliphatic carbocycles. The van der Waals surface area contributed by atoms with Crippen molar-refractivity contribution in [3.8, 4) is 0 Å². The van der Waals surface area contributed by atoms with E-state index in [9.17, 15) is 9.18 Å². The van der Waals surface area contributed by atoms with Gasteiger partial charge in [-0.3, -0.25) is 0 Å². The molecule has 6 heteroatoms. The molecular formula is C11H7ClFNO3. The standard InChI is InChI=1S/C11H7ClFNO3/c12-6-2-1-3-7(13)10(6)14-9-5-4-8(17-9)11(15)16/h1-5,14H,(H,15,16). The quantitative estimate of drug-likeness (QED) is 0.881. The highest BCUT2D eigenvalue weighted by atomic mass is 35.5. The number of rotatable bonds is 3. The van der Waals surface area contributed by atoms with Gasteiger partial charge < -0.3 is 14.8 Å². The molecule has 2 rings (SSSR count). The number of carbonyl (C=O) groups is 1. The van der Waals surface area contributed by atoms with Gasteiger partial charge in [0.1, 0.15) is 5.82 Å². The van der Waals surface area contributed by atoms with Crippen LogP contribution in [0.3, 0.4) is 0 Å². The van der Waals surface area contributed by atoms with E-state index in [0.717, 1.165) is 0 Å². The van der Waals surface area contributed by atoms with Crippen molar-refractivity contribution < 1.29 is 18.7 Å². The second-order valence-corrected chi connectivity index (χ2v) is 3.60. The highest BCUT2D eigenvalue weighted by molar-refractivity contribution is 6.33. The van der Waals surface area contributed by atoms with Crippen molar-refractivity contribution in [3.63, 3.8) is 0 Å². The molecule has 0 spiro atoms. The van der Waals surface area contributed by atoms with Crippen LogP contribution in [-0.4, -0.2) is 11.1 Å². The molecule has 0 radical (unpaired) electrons. The fourth-order valence-corrected chi connectivity index (χ4v) is 1.47. The molecule has 1 aromatic heterocycles. The van der Waals surface area contributed by atoms with Gasteiger partial charge in [-0.15, -0.1) is 0 Å². The first-order valence-electron chi connectivity index (χ1n) is 4.62. The lowest BCUT2D eigenvalue weighted by molar-refractivity contribution is 0.0663. The van der Waals surface area contributed by atoms with E-state index in [4.69, 9.17) is 21.1 Å². The van der Waals surface area contributed by atoms with E-state index in [1.54, 1.807) is 0 Å². The van der Waals surface area contributed by atoms with Crippen LogP contribution >= 0.6 is 11.6 Å². The number of nitrogens with one attached hydrogen (secondary N) is 1. The van der Waals surface area contributed by atoms with Crippen molar-refractivity contribution in [1.29, 1.82) is 0 Å². The van der Waals surface area contributed by atoms with E-state index in [0.29, 0.717) is 0 Å². The number of hydrogen-bond acceptors (Lipinski definition) is 3. The first-order valence-corrected chi connectivity index (χ1v) is 5.00. The van der Waals surface area contributed by atoms with Gasteiger partial charge in [0.2, 0.25) is 5.76 Å². The van der Waals surface area contributed by atoms with Crippen molar-refractivity contribution in [2.24, 2.45) is 0 Å². The summed E-state index contributed by atoms with van der Waals surface area (Å²) in [7, 11) is 0. The molecular weight excluding hydrogens is 249 g/mol. The number of carboxylic acids is 1. The third-order valence-corrected chi connectivity index (χ3v) is 2.34. The fourth-order valence-electron chi connectivity index (χ4n) is 1.26. The first-order chi connectivity index (χ1) is 8.08. The Morgan fingerprint density at radius 1 is 1.35 bits per heavy atom. The van der Waals surface area contributed by atoms with E-state index < -0.39 is 11.8 Å². The molecule has 0 saturated heterocycles. The van der Waals surface area contributed by atoms with Crippen molar-refractivity contribution in [2.45, 2.75) is 0 Å². The van der Waals surface area contributed by atoms with Gasteiger partial charge in [0, 0.05) is 6.07 Å². The number of furan rings is 1. The maximum atomic E-state index is 13.4. The summed E-state index contributed by atoms with van der Waals surface area (Å²) in [5, 5.41) is 11.4. The zero-order valence-electron chi connectivity index (χ0n) is 8.41. The van der Waals surface area contributed by atoms with Gasteiger partial charge in [-0.1, -0.05) is 17.7 Å². The summed E-state index contributed by atoms with van der Waals surface area (Å²) in [6.07, 6.45) is 0. The molecule has 0 unspecified atom stereocenters. The average Bonchev–Trinajstić information content (AvgIpc) is 2.72. The predicted octanol–water partition coefficient (Wildman–Crippen LogP) is 3.51. The third kappa shape index (κ3) is 2.39. The normalized spacial score (nSPS) is 10.2. The van der Waals surface area contributed by atoms with E-state index in [1.807, 2.05) is 0 Å². The van der Waals surface area contributed by atoms with Crippen LogP contribution in [-0.2, 0) is 0 Å². The van der Waals surface area contributed by atoms with Crippen molar-refractivity contribution in [2.75, 3.05) is 5.32 Å². The lowest BCUT2D eigenvalue weighted by Gasteiger charge is -2.06. The molecule has 0 saturated carbocycles. The Hall–Kier alpha value is -2.01. The topological polar surface area (TPSA) is 62.5 Å². The summed E-state index contributed by atoms with van der Waals surface area (Å²) in [5.41, 5.74) is 0.0421. The van der Waals surface area contributed by atoms with Gasteiger partial charge in [0.05, 0.1) is 10.7 Å². The van der Waals surface area contributed by atoms with Gasteiger partial charge in [0.25, 0.3) is 0 Å². The van der Waals surface area contributed by atoms with E-state index >= 15 is 0 Å². The zero-order valence-corrected chi connectivity index (χ0v) is 9.16. The van der Waals surface area contributed by atoms with Crippen LogP contribution in [0.1, 0.15) is 10.6 Å². The lowest BCUT2D eigenvalue weighted by Crippen LogP contribution is -1.94. The summed E-state index contributed by atoms with van der Waals surface area (Å²) < 4.78 is 18.3. The summed E-state index contributed by atoms with van der Waals surface area (Å²) in [6.45, 7) is 0. The Bertz CT molecular complexity index is 547. The SMILES string of the molecule is O=C(O)c1ccc(Nc2c(F)cccc2Cl)o1. The highest BCUT2D eigenvalue weighted by Gasteiger charge is 2.12. The minimum Gasteiger partial charge on any atom is -0.475 e. The van der Waals surface area contributed by atoms with E-state index in [-0.39, 0.29) is 22.4 Å². The van der Waals surface area contributed by atoms with Crippen LogP contribution in [0.4, 0.5) is 16.0 Å². The maximum Gasteiger partial charge on any atom is 0.371 e. The Balaban J connectivity index is 2.28. The third-order valence-electron chi connectivity index (χ3n) is 2.03. The molecule has 0 aliphatic rings. The Morgan fingerprint density at radius 3 is 2.71 bits per heavy atom. The predicted molar refractivity (Wildman–Crippen MR) is 60.4 cm³/mol. The van der Waals surface area contributed by atoms with Gasteiger partial charge in [-0.05, 0) is 18.2 Å². The minimum atomic E-state index is -1.20. The molecule has 88 valence electrons. The van der Waals surface area contributed by atoms with Crippen LogP contribution in [0.5, 0.6) is 0 Å². The Morgan fingerprint density at radius 2 is 2.12 bits per heavy atom. The van der Waals surface area contributed by atoms with Gasteiger partial charge in [-0.2, -0.15) is 0 Å². The number of benzene rings is 1. The van der Waals surface area contributed by atoms with Crippen LogP contribution in [0.25, 0.3) is 0 Å².